The van der Waals surface area contributed by atoms with E-state index in [0.29, 0.717) is 13.1 Å². The molecule has 0 amide bonds. The second kappa shape index (κ2) is 1.85. The highest BCUT2D eigenvalue weighted by molar-refractivity contribution is 8.20. The molecule has 1 aliphatic rings. The summed E-state index contributed by atoms with van der Waals surface area (Å²) in [7, 11) is -1.02. The second-order valence-corrected chi connectivity index (χ2v) is 3.56. The van der Waals surface area contributed by atoms with Gasteiger partial charge in [-0.2, -0.15) is 4.31 Å². The summed E-state index contributed by atoms with van der Waals surface area (Å²) in [4.78, 5) is 0. The lowest BCUT2D eigenvalue weighted by molar-refractivity contribution is 0.412. The molecule has 4 nitrogen and oxygen atoms in total. The quantitative estimate of drug-likeness (QED) is 0.498. The minimum atomic E-state index is -2.67. The van der Waals surface area contributed by atoms with Crippen molar-refractivity contribution in [3.63, 3.8) is 0 Å². The van der Waals surface area contributed by atoms with Gasteiger partial charge in [0.15, 0.2) is 0 Å². The highest BCUT2D eigenvalue weighted by Gasteiger charge is 2.25. The van der Waals surface area contributed by atoms with Crippen molar-refractivity contribution in [2.75, 3.05) is 20.1 Å². The van der Waals surface area contributed by atoms with Crippen LogP contribution in [0.3, 0.4) is 0 Å². The molecular formula is C3H9N2O2S. The summed E-state index contributed by atoms with van der Waals surface area (Å²) in [5, 5.41) is 0. The van der Waals surface area contributed by atoms with Gasteiger partial charge in [-0.3, -0.25) is 9.11 Å². The average Bonchev–Trinajstić information content (AvgIpc) is 1.86. The number of hydrogen-bond donors (Lipinski definition) is 2. The van der Waals surface area contributed by atoms with Gasteiger partial charge in [-0.15, -0.1) is 4.72 Å². The predicted molar refractivity (Wildman–Crippen MR) is 32.5 cm³/mol. The van der Waals surface area contributed by atoms with Crippen LogP contribution in [-0.4, -0.2) is 33.5 Å². The van der Waals surface area contributed by atoms with Gasteiger partial charge in [0.1, 0.15) is 0 Å². The molecule has 1 heterocycles. The van der Waals surface area contributed by atoms with E-state index in [-0.39, 0.29) is 0 Å². The molecule has 0 unspecified atom stereocenters. The fourth-order valence-corrected chi connectivity index (χ4v) is 1.38. The first-order chi connectivity index (χ1) is 3.63. The zero-order chi connectivity index (χ0) is 6.20. The maximum Gasteiger partial charge on any atom is 0.0514 e. The van der Waals surface area contributed by atoms with Crippen molar-refractivity contribution >= 4 is 11.0 Å². The SMILES string of the molecule is CN1CC[N]S1(O)O. The van der Waals surface area contributed by atoms with E-state index in [1.54, 1.807) is 7.05 Å². The lowest BCUT2D eigenvalue weighted by atomic mass is 10.7. The van der Waals surface area contributed by atoms with Gasteiger partial charge in [-0.25, -0.2) is 0 Å². The summed E-state index contributed by atoms with van der Waals surface area (Å²) >= 11 is 0. The van der Waals surface area contributed by atoms with Crippen LogP contribution in [0.4, 0.5) is 0 Å². The first-order valence-corrected chi connectivity index (χ1v) is 3.77. The third kappa shape index (κ3) is 0.958. The molecule has 0 atom stereocenters. The highest BCUT2D eigenvalue weighted by Crippen LogP contribution is 2.41. The Bertz CT molecular complexity index is 97.3. The van der Waals surface area contributed by atoms with Gasteiger partial charge in [-0.05, 0) is 0 Å². The Morgan fingerprint density at radius 3 is 2.38 bits per heavy atom. The zero-order valence-corrected chi connectivity index (χ0v) is 5.43. The van der Waals surface area contributed by atoms with Crippen molar-refractivity contribution in [3.8, 4) is 0 Å². The second-order valence-electron chi connectivity index (χ2n) is 1.69. The van der Waals surface area contributed by atoms with E-state index in [9.17, 15) is 0 Å². The van der Waals surface area contributed by atoms with Crippen LogP contribution in [0, 0.1) is 0 Å². The van der Waals surface area contributed by atoms with Crippen molar-refractivity contribution < 1.29 is 9.11 Å². The molecule has 0 spiro atoms. The largest absolute Gasteiger partial charge is 0.271 e. The minimum Gasteiger partial charge on any atom is -0.271 e. The van der Waals surface area contributed by atoms with Crippen LogP contribution >= 0.6 is 11.0 Å². The van der Waals surface area contributed by atoms with Crippen molar-refractivity contribution in [1.82, 2.24) is 9.03 Å². The van der Waals surface area contributed by atoms with E-state index in [1.807, 2.05) is 0 Å². The molecule has 0 bridgehead atoms. The lowest BCUT2D eigenvalue weighted by Gasteiger charge is -2.30. The van der Waals surface area contributed by atoms with Crippen LogP contribution in [0.15, 0.2) is 0 Å². The summed E-state index contributed by atoms with van der Waals surface area (Å²) < 4.78 is 22.7. The van der Waals surface area contributed by atoms with Crippen molar-refractivity contribution in [1.29, 1.82) is 0 Å². The van der Waals surface area contributed by atoms with Crippen molar-refractivity contribution in [3.05, 3.63) is 0 Å². The normalized spacial score (nSPS) is 32.9. The Kier molecular flexibility index (Phi) is 1.46. The molecule has 49 valence electrons. The number of hydrogen-bond acceptors (Lipinski definition) is 3. The molecule has 0 aromatic carbocycles. The van der Waals surface area contributed by atoms with Crippen LogP contribution in [0.1, 0.15) is 0 Å². The summed E-state index contributed by atoms with van der Waals surface area (Å²) in [5.74, 6) is 0. The van der Waals surface area contributed by atoms with Crippen molar-refractivity contribution in [2.45, 2.75) is 0 Å². The van der Waals surface area contributed by atoms with Gasteiger partial charge in [0.05, 0.1) is 6.54 Å². The molecule has 1 fully saturated rings. The molecule has 0 aromatic heterocycles. The minimum absolute atomic E-state index is 0.541. The van der Waals surface area contributed by atoms with E-state index in [0.717, 1.165) is 0 Å². The Labute approximate surface area is 50.1 Å². The van der Waals surface area contributed by atoms with Crippen LogP contribution in [-0.2, 0) is 0 Å². The van der Waals surface area contributed by atoms with Gasteiger partial charge in [0.2, 0.25) is 0 Å². The van der Waals surface area contributed by atoms with E-state index < -0.39 is 11.0 Å². The van der Waals surface area contributed by atoms with E-state index >= 15 is 0 Å². The molecule has 0 aromatic rings. The fourth-order valence-electron chi connectivity index (χ4n) is 0.525. The third-order valence-electron chi connectivity index (χ3n) is 1.10. The summed E-state index contributed by atoms with van der Waals surface area (Å²) in [6.45, 7) is 1.20. The topological polar surface area (TPSA) is 57.8 Å². The standard InChI is InChI=1S/C3H9N2O2S/c1-5-3-2-4-8(5,6)7/h6-7H,2-3H2,1H3. The Hall–Kier alpha value is 0.190. The average molecular weight is 137 g/mol. The molecular weight excluding hydrogens is 128 g/mol. The zero-order valence-electron chi connectivity index (χ0n) is 4.61. The maximum atomic E-state index is 8.86. The number of rotatable bonds is 0. The monoisotopic (exact) mass is 137 g/mol. The Balaban J connectivity index is 2.54. The molecule has 1 aliphatic heterocycles. The van der Waals surface area contributed by atoms with Crippen LogP contribution in [0.25, 0.3) is 0 Å². The number of nitrogens with zero attached hydrogens (tertiary/aromatic N) is 2. The summed E-state index contributed by atoms with van der Waals surface area (Å²) in [5.41, 5.74) is 0. The molecule has 8 heavy (non-hydrogen) atoms. The van der Waals surface area contributed by atoms with Crippen LogP contribution < -0.4 is 4.72 Å². The maximum absolute atomic E-state index is 8.86. The van der Waals surface area contributed by atoms with Gasteiger partial charge in [-0.1, -0.05) is 11.0 Å². The highest BCUT2D eigenvalue weighted by atomic mass is 32.3. The fraction of sp³-hybridized carbons (Fsp3) is 1.00. The molecule has 1 radical (unpaired) electrons. The molecule has 0 saturated carbocycles. The Morgan fingerprint density at radius 2 is 2.25 bits per heavy atom. The molecule has 0 aliphatic carbocycles. The summed E-state index contributed by atoms with van der Waals surface area (Å²) in [6, 6.07) is 0. The lowest BCUT2D eigenvalue weighted by Crippen LogP contribution is -2.18. The van der Waals surface area contributed by atoms with Gasteiger partial charge in [0.25, 0.3) is 0 Å². The summed E-state index contributed by atoms with van der Waals surface area (Å²) in [6.07, 6.45) is 0. The van der Waals surface area contributed by atoms with Gasteiger partial charge in [0, 0.05) is 13.6 Å². The smallest absolute Gasteiger partial charge is 0.0514 e. The van der Waals surface area contributed by atoms with Crippen molar-refractivity contribution in [2.24, 2.45) is 0 Å². The predicted octanol–water partition coefficient (Wildman–Crippen LogP) is 0.117. The van der Waals surface area contributed by atoms with Gasteiger partial charge >= 0.3 is 0 Å². The first-order valence-electron chi connectivity index (χ1n) is 2.31. The van der Waals surface area contributed by atoms with Crippen LogP contribution in [0.5, 0.6) is 0 Å². The van der Waals surface area contributed by atoms with E-state index in [1.165, 1.54) is 4.31 Å². The van der Waals surface area contributed by atoms with E-state index in [2.05, 4.69) is 4.72 Å². The molecule has 1 saturated heterocycles. The van der Waals surface area contributed by atoms with Crippen LogP contribution in [0.2, 0.25) is 0 Å². The third-order valence-corrected chi connectivity index (χ3v) is 2.65. The number of likely N-dealkylation sites (N-methyl/N-ethyl adjacent to an activating group) is 1. The van der Waals surface area contributed by atoms with Gasteiger partial charge < -0.3 is 0 Å². The van der Waals surface area contributed by atoms with E-state index in [4.69, 9.17) is 9.11 Å². The first kappa shape index (κ1) is 6.31. The Morgan fingerprint density at radius 1 is 1.62 bits per heavy atom. The molecule has 2 N–H and O–H groups in total. The molecule has 1 rings (SSSR count). The molecule has 5 heteroatoms.